The Hall–Kier alpha value is -2.37. The van der Waals surface area contributed by atoms with Gasteiger partial charge in [0.25, 0.3) is 0 Å². The summed E-state index contributed by atoms with van der Waals surface area (Å²) in [7, 11) is 0. The zero-order valence-corrected chi connectivity index (χ0v) is 14.7. The molecule has 0 saturated carbocycles. The van der Waals surface area contributed by atoms with Crippen molar-refractivity contribution < 1.29 is 19.5 Å². The molecule has 2 aliphatic rings. The highest BCUT2D eigenvalue weighted by Crippen LogP contribution is 2.41. The monoisotopic (exact) mass is 344 g/mol. The highest BCUT2D eigenvalue weighted by Gasteiger charge is 2.44. The molecule has 1 fully saturated rings. The van der Waals surface area contributed by atoms with E-state index in [0.29, 0.717) is 38.8 Å². The summed E-state index contributed by atoms with van der Waals surface area (Å²) in [5.41, 5.74) is 0.951. The predicted molar refractivity (Wildman–Crippen MR) is 93.8 cm³/mol. The SMILES string of the molecule is CC1(C)CN(C(=O)N2CCC(CC=O)(C(=O)O)CC2)c2ccccc21. The van der Waals surface area contributed by atoms with Crippen molar-refractivity contribution in [3.63, 3.8) is 0 Å². The zero-order chi connectivity index (χ0) is 18.2. The average Bonchev–Trinajstić information content (AvgIpc) is 2.87. The number of anilines is 1. The summed E-state index contributed by atoms with van der Waals surface area (Å²) in [5, 5.41) is 9.48. The fraction of sp³-hybridized carbons (Fsp3) is 0.526. The van der Waals surface area contributed by atoms with E-state index < -0.39 is 11.4 Å². The van der Waals surface area contributed by atoms with Crippen LogP contribution in [0.5, 0.6) is 0 Å². The van der Waals surface area contributed by atoms with Crippen molar-refractivity contribution in [3.8, 4) is 0 Å². The number of carboxylic acid groups (broad SMARTS) is 1. The number of para-hydroxylation sites is 1. The number of hydrogen-bond acceptors (Lipinski definition) is 3. The molecule has 6 heteroatoms. The molecule has 0 bridgehead atoms. The van der Waals surface area contributed by atoms with Crippen molar-refractivity contribution in [1.82, 2.24) is 4.90 Å². The fourth-order valence-electron chi connectivity index (χ4n) is 3.98. The molecule has 3 rings (SSSR count). The lowest BCUT2D eigenvalue weighted by Crippen LogP contribution is -2.51. The van der Waals surface area contributed by atoms with E-state index in [1.165, 1.54) is 0 Å². The lowest BCUT2D eigenvalue weighted by atomic mass is 9.76. The number of likely N-dealkylation sites (tertiary alicyclic amines) is 1. The number of piperidine rings is 1. The maximum Gasteiger partial charge on any atom is 0.324 e. The Bertz CT molecular complexity index is 705. The molecule has 2 amide bonds. The van der Waals surface area contributed by atoms with Crippen molar-refractivity contribution in [2.24, 2.45) is 5.41 Å². The van der Waals surface area contributed by atoms with Gasteiger partial charge >= 0.3 is 12.0 Å². The van der Waals surface area contributed by atoms with E-state index in [9.17, 15) is 19.5 Å². The fourth-order valence-corrected chi connectivity index (χ4v) is 3.98. The van der Waals surface area contributed by atoms with E-state index in [1.807, 2.05) is 18.2 Å². The lowest BCUT2D eigenvalue weighted by Gasteiger charge is -2.39. The van der Waals surface area contributed by atoms with Gasteiger partial charge in [0, 0.05) is 37.2 Å². The van der Waals surface area contributed by atoms with Gasteiger partial charge in [-0.1, -0.05) is 32.0 Å². The molecule has 0 unspecified atom stereocenters. The van der Waals surface area contributed by atoms with Gasteiger partial charge in [-0.15, -0.1) is 0 Å². The summed E-state index contributed by atoms with van der Waals surface area (Å²) < 4.78 is 0. The summed E-state index contributed by atoms with van der Waals surface area (Å²) in [6.45, 7) is 5.57. The minimum Gasteiger partial charge on any atom is -0.481 e. The van der Waals surface area contributed by atoms with Crippen LogP contribution in [0.3, 0.4) is 0 Å². The molecular weight excluding hydrogens is 320 g/mol. The van der Waals surface area contributed by atoms with Gasteiger partial charge in [0.1, 0.15) is 6.29 Å². The number of carboxylic acids is 1. The number of rotatable bonds is 3. The second-order valence-corrected chi connectivity index (χ2v) is 7.71. The Labute approximate surface area is 147 Å². The molecule has 1 aromatic carbocycles. The molecule has 134 valence electrons. The first-order valence-electron chi connectivity index (χ1n) is 8.64. The molecule has 25 heavy (non-hydrogen) atoms. The number of nitrogens with zero attached hydrogens (tertiary/aromatic N) is 2. The predicted octanol–water partition coefficient (Wildman–Crippen LogP) is 2.66. The van der Waals surface area contributed by atoms with Crippen LogP contribution in [-0.2, 0) is 15.0 Å². The second-order valence-electron chi connectivity index (χ2n) is 7.71. The second kappa shape index (κ2) is 6.17. The molecule has 0 aromatic heterocycles. The summed E-state index contributed by atoms with van der Waals surface area (Å²) in [5.74, 6) is -0.945. The third-order valence-corrected chi connectivity index (χ3v) is 5.63. The Morgan fingerprint density at radius 1 is 1.20 bits per heavy atom. The number of hydrogen-bond donors (Lipinski definition) is 1. The minimum absolute atomic E-state index is 0.00391. The van der Waals surface area contributed by atoms with Crippen LogP contribution in [0, 0.1) is 5.41 Å². The zero-order valence-electron chi connectivity index (χ0n) is 14.7. The average molecular weight is 344 g/mol. The molecule has 0 atom stereocenters. The molecule has 1 N–H and O–H groups in total. The summed E-state index contributed by atoms with van der Waals surface area (Å²) in [6, 6.07) is 7.84. The maximum absolute atomic E-state index is 13.0. The molecule has 6 nitrogen and oxygen atoms in total. The minimum atomic E-state index is -1.03. The first-order chi connectivity index (χ1) is 11.8. The van der Waals surface area contributed by atoms with Gasteiger partial charge in [0.2, 0.25) is 0 Å². The number of fused-ring (bicyclic) bond motifs is 1. The van der Waals surface area contributed by atoms with Crippen molar-refractivity contribution in [2.75, 3.05) is 24.5 Å². The van der Waals surface area contributed by atoms with E-state index in [2.05, 4.69) is 19.9 Å². The van der Waals surface area contributed by atoms with Gasteiger partial charge in [-0.05, 0) is 24.5 Å². The number of aldehydes is 1. The lowest BCUT2D eigenvalue weighted by molar-refractivity contribution is -0.153. The van der Waals surface area contributed by atoms with Crippen LogP contribution in [0.15, 0.2) is 24.3 Å². The third kappa shape index (κ3) is 2.90. The number of aliphatic carboxylic acids is 1. The Morgan fingerprint density at radius 3 is 2.44 bits per heavy atom. The van der Waals surface area contributed by atoms with Crippen LogP contribution >= 0.6 is 0 Å². The summed E-state index contributed by atoms with van der Waals surface area (Å²) >= 11 is 0. The van der Waals surface area contributed by atoms with Crippen LogP contribution in [-0.4, -0.2) is 47.9 Å². The van der Waals surface area contributed by atoms with E-state index >= 15 is 0 Å². The van der Waals surface area contributed by atoms with Crippen molar-refractivity contribution >= 4 is 24.0 Å². The smallest absolute Gasteiger partial charge is 0.324 e. The number of carbonyl (C=O) groups excluding carboxylic acids is 2. The molecule has 2 aliphatic heterocycles. The summed E-state index contributed by atoms with van der Waals surface area (Å²) in [6.07, 6.45) is 1.30. The van der Waals surface area contributed by atoms with Crippen LogP contribution in [0.1, 0.15) is 38.7 Å². The van der Waals surface area contributed by atoms with Crippen LogP contribution in [0.25, 0.3) is 0 Å². The van der Waals surface area contributed by atoms with Gasteiger partial charge in [-0.3, -0.25) is 9.69 Å². The molecule has 2 heterocycles. The van der Waals surface area contributed by atoms with E-state index in [-0.39, 0.29) is 17.9 Å². The quantitative estimate of drug-likeness (QED) is 0.855. The number of benzene rings is 1. The third-order valence-electron chi connectivity index (χ3n) is 5.63. The Morgan fingerprint density at radius 2 is 1.84 bits per heavy atom. The maximum atomic E-state index is 13.0. The van der Waals surface area contributed by atoms with Crippen LogP contribution < -0.4 is 4.90 Å². The van der Waals surface area contributed by atoms with E-state index in [0.717, 1.165) is 11.3 Å². The molecule has 0 radical (unpaired) electrons. The largest absolute Gasteiger partial charge is 0.481 e. The number of amides is 2. The first kappa shape index (κ1) is 17.5. The van der Waals surface area contributed by atoms with Gasteiger partial charge in [-0.2, -0.15) is 0 Å². The first-order valence-corrected chi connectivity index (χ1v) is 8.64. The molecule has 0 spiro atoms. The molecular formula is C19H24N2O4. The van der Waals surface area contributed by atoms with E-state index in [1.54, 1.807) is 9.80 Å². The standard InChI is InChI=1S/C19H24N2O4/c1-18(2)13-21(15-6-4-3-5-14(15)18)17(25)20-10-7-19(8-11-20,9-12-22)16(23)24/h3-6,12H,7-11,13H2,1-2H3,(H,23,24). The normalized spacial score (nSPS) is 20.9. The van der Waals surface area contributed by atoms with Gasteiger partial charge < -0.3 is 14.8 Å². The molecule has 1 aromatic rings. The van der Waals surface area contributed by atoms with Crippen LogP contribution in [0.4, 0.5) is 10.5 Å². The highest BCUT2D eigenvalue weighted by atomic mass is 16.4. The topological polar surface area (TPSA) is 77.9 Å². The van der Waals surface area contributed by atoms with Gasteiger partial charge in [0.05, 0.1) is 5.41 Å². The van der Waals surface area contributed by atoms with Crippen molar-refractivity contribution in [1.29, 1.82) is 0 Å². The molecule has 0 aliphatic carbocycles. The van der Waals surface area contributed by atoms with Crippen molar-refractivity contribution in [2.45, 2.75) is 38.5 Å². The van der Waals surface area contributed by atoms with E-state index in [4.69, 9.17) is 0 Å². The van der Waals surface area contributed by atoms with Crippen LogP contribution in [0.2, 0.25) is 0 Å². The van der Waals surface area contributed by atoms with Crippen molar-refractivity contribution in [3.05, 3.63) is 29.8 Å². The summed E-state index contributed by atoms with van der Waals surface area (Å²) in [4.78, 5) is 39.0. The van der Waals surface area contributed by atoms with Gasteiger partial charge in [-0.25, -0.2) is 4.79 Å². The highest BCUT2D eigenvalue weighted by molar-refractivity contribution is 5.95. The van der Waals surface area contributed by atoms with Gasteiger partial charge in [0.15, 0.2) is 0 Å². The number of carbonyl (C=O) groups is 3. The Balaban J connectivity index is 1.76. The Kier molecular flexibility index (Phi) is 4.31. The number of urea groups is 1. The molecule has 1 saturated heterocycles.